The summed E-state index contributed by atoms with van der Waals surface area (Å²) in [7, 11) is 0. The van der Waals surface area contributed by atoms with Crippen molar-refractivity contribution in [3.63, 3.8) is 0 Å². The summed E-state index contributed by atoms with van der Waals surface area (Å²) in [6.07, 6.45) is 3.50. The molecule has 1 heterocycles. The van der Waals surface area contributed by atoms with E-state index in [0.29, 0.717) is 6.61 Å². The van der Waals surface area contributed by atoms with E-state index in [1.54, 1.807) is 6.08 Å². The summed E-state index contributed by atoms with van der Waals surface area (Å²) in [6.45, 7) is 0.560. The fourth-order valence-corrected chi connectivity index (χ4v) is 0.726. The molecule has 0 unspecified atom stereocenters. The summed E-state index contributed by atoms with van der Waals surface area (Å²) < 4.78 is 5.08. The zero-order valence-electron chi connectivity index (χ0n) is 5.56. The molecule has 1 rings (SSSR count). The van der Waals surface area contributed by atoms with Crippen molar-refractivity contribution in [1.29, 1.82) is 0 Å². The van der Waals surface area contributed by atoms with E-state index >= 15 is 0 Å². The van der Waals surface area contributed by atoms with E-state index in [-0.39, 0.29) is 31.2 Å². The predicted octanol–water partition coefficient (Wildman–Crippen LogP) is -0.317. The summed E-state index contributed by atoms with van der Waals surface area (Å²) >= 11 is 0. The summed E-state index contributed by atoms with van der Waals surface area (Å²) in [5, 5.41) is 8.56. The normalized spacial score (nSPS) is 31.4. The third-order valence-corrected chi connectivity index (χ3v) is 1.26. The number of hydrogen-bond donors (Lipinski definition) is 2. The highest BCUT2D eigenvalue weighted by Gasteiger charge is 2.10. The molecular weight excluding hydrogens is 154 g/mol. The Balaban J connectivity index is 0.000000810. The fourth-order valence-electron chi connectivity index (χ4n) is 0.726. The van der Waals surface area contributed by atoms with Gasteiger partial charge < -0.3 is 15.6 Å². The molecule has 10 heavy (non-hydrogen) atoms. The molecule has 0 aromatic heterocycles. The van der Waals surface area contributed by atoms with Crippen LogP contribution >= 0.6 is 12.4 Å². The van der Waals surface area contributed by atoms with Crippen LogP contribution in [0.4, 0.5) is 0 Å². The standard InChI is InChI=1S/C6H11NO2.ClH/c7-5-1-2-6(3-8)9-4-5;/h1-2,5-6,8H,3-4,7H2;1H/t5-,6+;/m1./s1. The van der Waals surface area contributed by atoms with Crippen molar-refractivity contribution in [1.82, 2.24) is 0 Å². The molecule has 3 nitrogen and oxygen atoms in total. The van der Waals surface area contributed by atoms with Gasteiger partial charge in [0, 0.05) is 6.04 Å². The molecule has 0 saturated heterocycles. The Bertz CT molecular complexity index is 118. The molecule has 2 atom stereocenters. The summed E-state index contributed by atoms with van der Waals surface area (Å²) in [5.41, 5.74) is 5.46. The monoisotopic (exact) mass is 165 g/mol. The second-order valence-electron chi connectivity index (χ2n) is 2.10. The number of ether oxygens (including phenoxy) is 1. The van der Waals surface area contributed by atoms with Crippen LogP contribution in [0.15, 0.2) is 12.2 Å². The van der Waals surface area contributed by atoms with Crippen LogP contribution in [-0.2, 0) is 4.74 Å². The molecule has 0 bridgehead atoms. The van der Waals surface area contributed by atoms with Crippen LogP contribution in [0.5, 0.6) is 0 Å². The average molecular weight is 166 g/mol. The van der Waals surface area contributed by atoms with Crippen molar-refractivity contribution in [2.24, 2.45) is 5.73 Å². The first-order valence-corrected chi connectivity index (χ1v) is 2.99. The Morgan fingerprint density at radius 1 is 1.60 bits per heavy atom. The van der Waals surface area contributed by atoms with E-state index in [2.05, 4.69) is 0 Å². The second-order valence-corrected chi connectivity index (χ2v) is 2.10. The minimum absolute atomic E-state index is 0. The Hall–Kier alpha value is -0.0900. The Labute approximate surface area is 66.3 Å². The summed E-state index contributed by atoms with van der Waals surface area (Å²) in [4.78, 5) is 0. The van der Waals surface area contributed by atoms with Crippen molar-refractivity contribution in [3.05, 3.63) is 12.2 Å². The Kier molecular flexibility index (Phi) is 4.64. The van der Waals surface area contributed by atoms with Crippen LogP contribution in [0.2, 0.25) is 0 Å². The van der Waals surface area contributed by atoms with Gasteiger partial charge in [-0.25, -0.2) is 0 Å². The molecule has 0 radical (unpaired) electrons. The quantitative estimate of drug-likeness (QED) is 0.524. The molecule has 0 amide bonds. The van der Waals surface area contributed by atoms with Gasteiger partial charge in [0.2, 0.25) is 0 Å². The fraction of sp³-hybridized carbons (Fsp3) is 0.667. The predicted molar refractivity (Wildman–Crippen MR) is 41.2 cm³/mol. The van der Waals surface area contributed by atoms with Gasteiger partial charge in [-0.15, -0.1) is 12.4 Å². The van der Waals surface area contributed by atoms with Crippen molar-refractivity contribution < 1.29 is 9.84 Å². The van der Waals surface area contributed by atoms with Crippen LogP contribution < -0.4 is 5.73 Å². The minimum atomic E-state index is -0.134. The van der Waals surface area contributed by atoms with Crippen molar-refractivity contribution in [3.8, 4) is 0 Å². The molecule has 1 aliphatic rings. The van der Waals surface area contributed by atoms with Crippen LogP contribution in [0.3, 0.4) is 0 Å². The molecule has 4 heteroatoms. The molecule has 1 aliphatic heterocycles. The van der Waals surface area contributed by atoms with Gasteiger partial charge in [-0.05, 0) is 0 Å². The van der Waals surface area contributed by atoms with Crippen LogP contribution in [0, 0.1) is 0 Å². The molecule has 0 aromatic carbocycles. The number of rotatable bonds is 1. The van der Waals surface area contributed by atoms with Gasteiger partial charge in [0.15, 0.2) is 0 Å². The highest BCUT2D eigenvalue weighted by molar-refractivity contribution is 5.85. The van der Waals surface area contributed by atoms with E-state index in [0.717, 1.165) is 0 Å². The van der Waals surface area contributed by atoms with Crippen LogP contribution in [-0.4, -0.2) is 30.5 Å². The first-order chi connectivity index (χ1) is 4.33. The summed E-state index contributed by atoms with van der Waals surface area (Å²) in [5.74, 6) is 0. The lowest BCUT2D eigenvalue weighted by Crippen LogP contribution is -2.32. The lowest BCUT2D eigenvalue weighted by atomic mass is 10.2. The number of halogens is 1. The zero-order chi connectivity index (χ0) is 6.69. The van der Waals surface area contributed by atoms with Gasteiger partial charge >= 0.3 is 0 Å². The molecule has 0 spiro atoms. The van der Waals surface area contributed by atoms with E-state index < -0.39 is 0 Å². The largest absolute Gasteiger partial charge is 0.393 e. The van der Waals surface area contributed by atoms with Crippen molar-refractivity contribution >= 4 is 12.4 Å². The van der Waals surface area contributed by atoms with Crippen molar-refractivity contribution in [2.45, 2.75) is 12.1 Å². The topological polar surface area (TPSA) is 55.5 Å². The lowest BCUT2D eigenvalue weighted by Gasteiger charge is -2.18. The lowest BCUT2D eigenvalue weighted by molar-refractivity contribution is 0.0323. The highest BCUT2D eigenvalue weighted by atomic mass is 35.5. The average Bonchev–Trinajstić information content (AvgIpc) is 1.90. The maximum atomic E-state index is 8.56. The van der Waals surface area contributed by atoms with E-state index in [4.69, 9.17) is 15.6 Å². The maximum absolute atomic E-state index is 8.56. The van der Waals surface area contributed by atoms with Gasteiger partial charge in [-0.1, -0.05) is 12.2 Å². The first kappa shape index (κ1) is 9.91. The number of aliphatic hydroxyl groups is 1. The molecule has 60 valence electrons. The van der Waals surface area contributed by atoms with Crippen LogP contribution in [0.1, 0.15) is 0 Å². The van der Waals surface area contributed by atoms with Gasteiger partial charge in [0.1, 0.15) is 0 Å². The highest BCUT2D eigenvalue weighted by Crippen LogP contribution is 2.01. The van der Waals surface area contributed by atoms with Crippen LogP contribution in [0.25, 0.3) is 0 Å². The molecule has 0 aromatic rings. The number of nitrogens with two attached hydrogens (primary N) is 1. The van der Waals surface area contributed by atoms with E-state index in [1.165, 1.54) is 0 Å². The Morgan fingerprint density at radius 3 is 2.70 bits per heavy atom. The SMILES string of the molecule is Cl.N[C@@H]1C=C[C@@H](CO)OC1. The number of aliphatic hydroxyl groups excluding tert-OH is 1. The Morgan fingerprint density at radius 2 is 2.30 bits per heavy atom. The second kappa shape index (κ2) is 4.68. The number of hydrogen-bond acceptors (Lipinski definition) is 3. The molecule has 0 aliphatic carbocycles. The van der Waals surface area contributed by atoms with Gasteiger partial charge in [-0.2, -0.15) is 0 Å². The van der Waals surface area contributed by atoms with Gasteiger partial charge in [-0.3, -0.25) is 0 Å². The third kappa shape index (κ3) is 2.66. The zero-order valence-corrected chi connectivity index (χ0v) is 6.38. The maximum Gasteiger partial charge on any atom is 0.0988 e. The first-order valence-electron chi connectivity index (χ1n) is 2.99. The summed E-state index contributed by atoms with van der Waals surface area (Å²) in [6, 6.07) is 0.00722. The van der Waals surface area contributed by atoms with E-state index in [1.807, 2.05) is 6.08 Å². The van der Waals surface area contributed by atoms with Crippen molar-refractivity contribution in [2.75, 3.05) is 13.2 Å². The smallest absolute Gasteiger partial charge is 0.0988 e. The minimum Gasteiger partial charge on any atom is -0.393 e. The van der Waals surface area contributed by atoms with Gasteiger partial charge in [0.25, 0.3) is 0 Å². The molecule has 0 fully saturated rings. The third-order valence-electron chi connectivity index (χ3n) is 1.26. The van der Waals surface area contributed by atoms with E-state index in [9.17, 15) is 0 Å². The molecular formula is C6H12ClNO2. The van der Waals surface area contributed by atoms with Gasteiger partial charge in [0.05, 0.1) is 19.3 Å². The molecule has 3 N–H and O–H groups in total. The molecule has 0 saturated carbocycles.